The van der Waals surface area contributed by atoms with Crippen LogP contribution in [0.3, 0.4) is 0 Å². The molecule has 0 saturated heterocycles. The molecule has 0 bridgehead atoms. The minimum Gasteiger partial charge on any atom is -0.370 e. The normalized spacial score (nSPS) is 13.6. The molecule has 0 fully saturated rings. The zero-order chi connectivity index (χ0) is 31.8. The number of halogens is 2. The average Bonchev–Trinajstić information content (AvgIpc) is 3.39. The Bertz CT molecular complexity index is 1630. The van der Waals surface area contributed by atoms with Gasteiger partial charge in [-0.05, 0) is 107 Å². The first-order valence-electron chi connectivity index (χ1n) is 15.0. The Kier molecular flexibility index (Phi) is 11.5. The van der Waals surface area contributed by atoms with Gasteiger partial charge < -0.3 is 33.2 Å². The third-order valence-electron chi connectivity index (χ3n) is 7.68. The molecule has 3 atom stereocenters. The fourth-order valence-corrected chi connectivity index (χ4v) is 5.53. The van der Waals surface area contributed by atoms with Gasteiger partial charge >= 0.3 is 5.69 Å². The first-order valence-corrected chi connectivity index (χ1v) is 15.4. The quantitative estimate of drug-likeness (QED) is 0.0845. The van der Waals surface area contributed by atoms with Gasteiger partial charge in [0.1, 0.15) is 5.65 Å². The van der Waals surface area contributed by atoms with Crippen LogP contribution >= 0.6 is 11.6 Å². The largest absolute Gasteiger partial charge is 0.370 e. The second-order valence-corrected chi connectivity index (χ2v) is 11.8. The third kappa shape index (κ3) is 8.66. The van der Waals surface area contributed by atoms with Gasteiger partial charge in [-0.2, -0.15) is 4.98 Å². The van der Waals surface area contributed by atoms with Gasteiger partial charge in [0.05, 0.1) is 22.4 Å². The molecule has 2 aromatic carbocycles. The standard InChI is InChI=1S/C32H43ClFN9O/c1-19(36)5-3-6-21-15-26(29(34)27(33)16-21)28-17-23-18-43(32(44)42-30(23)41-28)25-10-8-22(9-11-25)20(2)39-14-12-24(7-4-13-35)40-31(37)38/h8-11,15-20,24,39H,3-7,12-14,35-36H2,1-2H3,(H4,37,38,40)(H,41,42,44)/t19-,20-,24-/m0/s1. The van der Waals surface area contributed by atoms with Crippen LogP contribution in [0.15, 0.2) is 58.4 Å². The van der Waals surface area contributed by atoms with E-state index in [0.717, 1.165) is 56.2 Å². The van der Waals surface area contributed by atoms with E-state index in [-0.39, 0.29) is 29.1 Å². The summed E-state index contributed by atoms with van der Waals surface area (Å²) in [4.78, 5) is 24.6. The van der Waals surface area contributed by atoms with Crippen LogP contribution in [0.25, 0.3) is 28.0 Å². The SMILES string of the molecule is C[C@H](N)CCCc1cc(Cl)c(F)c(-c2cc3cn(-c4ccc([C@H](C)NCC[C@H](CCCN)N=C(N)N)cc4)c(=O)nc3[nH]2)c1. The molecule has 0 aliphatic rings. The number of guanidine groups is 1. The molecule has 10 N–H and O–H groups in total. The number of aliphatic imine (C=N–C) groups is 1. The monoisotopic (exact) mass is 623 g/mol. The van der Waals surface area contributed by atoms with Gasteiger partial charge in [0.2, 0.25) is 0 Å². The highest BCUT2D eigenvalue weighted by atomic mass is 35.5. The highest BCUT2D eigenvalue weighted by Crippen LogP contribution is 2.31. The number of rotatable bonds is 15. The molecule has 4 rings (SSSR count). The van der Waals surface area contributed by atoms with Gasteiger partial charge in [-0.25, -0.2) is 9.18 Å². The number of benzene rings is 2. The number of aryl methyl sites for hydroxylation is 1. The number of nitrogens with two attached hydrogens (primary N) is 4. The Morgan fingerprint density at radius 1 is 1.11 bits per heavy atom. The van der Waals surface area contributed by atoms with Crippen molar-refractivity contribution < 1.29 is 4.39 Å². The highest BCUT2D eigenvalue weighted by Gasteiger charge is 2.16. The molecule has 0 spiro atoms. The molecule has 0 amide bonds. The van der Waals surface area contributed by atoms with Crippen molar-refractivity contribution >= 4 is 28.6 Å². The fraction of sp³-hybridized carbons (Fsp3) is 0.406. The molecule has 4 aromatic rings. The second kappa shape index (κ2) is 15.3. The second-order valence-electron chi connectivity index (χ2n) is 11.4. The molecule has 0 radical (unpaired) electrons. The van der Waals surface area contributed by atoms with Crippen molar-refractivity contribution in [1.82, 2.24) is 19.9 Å². The maximum Gasteiger partial charge on any atom is 0.354 e. The molecular formula is C32H43ClFN9O. The van der Waals surface area contributed by atoms with Crippen molar-refractivity contribution in [2.75, 3.05) is 13.1 Å². The van der Waals surface area contributed by atoms with Crippen LogP contribution in [0.4, 0.5) is 4.39 Å². The van der Waals surface area contributed by atoms with Gasteiger partial charge in [-0.15, -0.1) is 0 Å². The van der Waals surface area contributed by atoms with E-state index < -0.39 is 11.5 Å². The lowest BCUT2D eigenvalue weighted by Crippen LogP contribution is -2.28. The smallest absolute Gasteiger partial charge is 0.354 e. The molecule has 10 nitrogen and oxygen atoms in total. The lowest BCUT2D eigenvalue weighted by Gasteiger charge is -2.17. The summed E-state index contributed by atoms with van der Waals surface area (Å²) in [5, 5.41) is 4.23. The Morgan fingerprint density at radius 3 is 2.55 bits per heavy atom. The lowest BCUT2D eigenvalue weighted by atomic mass is 10.0. The summed E-state index contributed by atoms with van der Waals surface area (Å²) in [5.41, 5.74) is 26.1. The Balaban J connectivity index is 1.49. The number of nitrogens with zero attached hydrogens (tertiary/aromatic N) is 3. The zero-order valence-corrected chi connectivity index (χ0v) is 26.1. The van der Waals surface area contributed by atoms with Crippen LogP contribution in [-0.2, 0) is 6.42 Å². The van der Waals surface area contributed by atoms with E-state index in [4.69, 9.17) is 34.5 Å². The minimum atomic E-state index is -0.523. The molecule has 0 aliphatic carbocycles. The van der Waals surface area contributed by atoms with E-state index in [1.807, 2.05) is 31.2 Å². The first-order chi connectivity index (χ1) is 21.0. The van der Waals surface area contributed by atoms with Crippen LogP contribution in [0.2, 0.25) is 5.02 Å². The summed E-state index contributed by atoms with van der Waals surface area (Å²) in [6.45, 7) is 5.36. The molecule has 0 unspecified atom stereocenters. The van der Waals surface area contributed by atoms with Crippen molar-refractivity contribution in [3.05, 3.63) is 81.1 Å². The molecule has 236 valence electrons. The number of hydrogen-bond donors (Lipinski definition) is 6. The van der Waals surface area contributed by atoms with E-state index in [1.165, 1.54) is 4.57 Å². The summed E-state index contributed by atoms with van der Waals surface area (Å²) in [5.74, 6) is -0.436. The summed E-state index contributed by atoms with van der Waals surface area (Å²) < 4.78 is 16.6. The number of H-pyrrole nitrogens is 1. The van der Waals surface area contributed by atoms with Crippen LogP contribution in [0.1, 0.15) is 63.1 Å². The van der Waals surface area contributed by atoms with Gasteiger partial charge in [0.15, 0.2) is 11.8 Å². The maximum atomic E-state index is 15.1. The van der Waals surface area contributed by atoms with Crippen LogP contribution in [0, 0.1) is 5.82 Å². The molecule has 0 aliphatic heterocycles. The van der Waals surface area contributed by atoms with Gasteiger partial charge in [-0.1, -0.05) is 23.7 Å². The van der Waals surface area contributed by atoms with Crippen LogP contribution in [0.5, 0.6) is 0 Å². The number of aromatic nitrogens is 3. The average molecular weight is 624 g/mol. The molecule has 44 heavy (non-hydrogen) atoms. The van der Waals surface area contributed by atoms with Gasteiger partial charge in [-0.3, -0.25) is 9.56 Å². The van der Waals surface area contributed by atoms with Crippen LogP contribution < -0.4 is 33.9 Å². The molecule has 12 heteroatoms. The zero-order valence-electron chi connectivity index (χ0n) is 25.3. The molecule has 2 heterocycles. The van der Waals surface area contributed by atoms with E-state index >= 15 is 4.39 Å². The summed E-state index contributed by atoms with van der Waals surface area (Å²) in [6, 6.07) is 13.1. The van der Waals surface area contributed by atoms with Crippen molar-refractivity contribution in [3.8, 4) is 16.9 Å². The third-order valence-corrected chi connectivity index (χ3v) is 7.96. The highest BCUT2D eigenvalue weighted by molar-refractivity contribution is 6.31. The van der Waals surface area contributed by atoms with E-state index in [1.54, 1.807) is 24.4 Å². The number of fused-ring (bicyclic) bond motifs is 1. The van der Waals surface area contributed by atoms with E-state index in [2.05, 4.69) is 27.2 Å². The predicted molar refractivity (Wildman–Crippen MR) is 178 cm³/mol. The first kappa shape index (κ1) is 33.1. The Hall–Kier alpha value is -3.77. The Labute approximate surface area is 262 Å². The van der Waals surface area contributed by atoms with Crippen molar-refractivity contribution in [3.63, 3.8) is 0 Å². The van der Waals surface area contributed by atoms with Crippen molar-refractivity contribution in [2.45, 2.75) is 70.5 Å². The number of nitrogens with one attached hydrogen (secondary N) is 2. The Morgan fingerprint density at radius 2 is 1.86 bits per heavy atom. The van der Waals surface area contributed by atoms with Gasteiger partial charge in [0, 0.05) is 29.2 Å². The topological polar surface area (TPSA) is 179 Å². The summed E-state index contributed by atoms with van der Waals surface area (Å²) in [7, 11) is 0. The predicted octanol–water partition coefficient (Wildman–Crippen LogP) is 4.26. The molecule has 0 saturated carbocycles. The van der Waals surface area contributed by atoms with Crippen molar-refractivity contribution in [1.29, 1.82) is 0 Å². The summed E-state index contributed by atoms with van der Waals surface area (Å²) >= 11 is 6.25. The van der Waals surface area contributed by atoms with Gasteiger partial charge in [0.25, 0.3) is 0 Å². The van der Waals surface area contributed by atoms with E-state index in [9.17, 15) is 4.79 Å². The number of aromatic amines is 1. The fourth-order valence-electron chi connectivity index (χ4n) is 5.28. The molecule has 2 aromatic heterocycles. The lowest BCUT2D eigenvalue weighted by molar-refractivity contribution is 0.491. The minimum absolute atomic E-state index is 0.0246. The summed E-state index contributed by atoms with van der Waals surface area (Å²) in [6.07, 6.45) is 6.64. The van der Waals surface area contributed by atoms with Crippen molar-refractivity contribution in [2.24, 2.45) is 27.9 Å². The van der Waals surface area contributed by atoms with Crippen LogP contribution in [-0.4, -0.2) is 45.7 Å². The molecular weight excluding hydrogens is 581 g/mol. The number of hydrogen-bond acceptors (Lipinski definition) is 6. The maximum absolute atomic E-state index is 15.1. The van der Waals surface area contributed by atoms with E-state index in [0.29, 0.717) is 34.5 Å².